The average Bonchev–Trinajstić information content (AvgIpc) is 3.35. The Hall–Kier alpha value is -3.65. The number of phenols is 1. The number of allylic oxidation sites excluding steroid dienone is 4. The number of rotatable bonds is 2. The van der Waals surface area contributed by atoms with Gasteiger partial charge in [-0.15, -0.1) is 0 Å². The Balaban J connectivity index is 0.000000149. The van der Waals surface area contributed by atoms with Crippen LogP contribution in [-0.4, -0.2) is 45.6 Å². The molecule has 1 aromatic carbocycles. The van der Waals surface area contributed by atoms with Crippen molar-refractivity contribution < 1.29 is 38.5 Å². The molecule has 4 saturated carbocycles. The fourth-order valence-corrected chi connectivity index (χ4v) is 14.7. The van der Waals surface area contributed by atoms with Crippen LogP contribution in [0.3, 0.4) is 0 Å². The highest BCUT2D eigenvalue weighted by atomic mass is 16.6. The van der Waals surface area contributed by atoms with Gasteiger partial charge in [0.1, 0.15) is 17.5 Å². The Morgan fingerprint density at radius 2 is 1.72 bits per heavy atom. The molecule has 10 rings (SSSR count). The number of Topliss-reactive ketones (excluding diaryl/α,β-unsaturated/α-hetero) is 1. The van der Waals surface area contributed by atoms with Gasteiger partial charge < -0.3 is 24.1 Å². The number of ketones is 2. The molecule has 2 aromatic rings. The third-order valence-corrected chi connectivity index (χ3v) is 17.1. The molecule has 8 nitrogen and oxygen atoms in total. The molecule has 0 amide bonds. The molecule has 8 heteroatoms. The van der Waals surface area contributed by atoms with Crippen LogP contribution in [-0.2, 0) is 30.3 Å². The van der Waals surface area contributed by atoms with Crippen LogP contribution in [0.5, 0.6) is 5.75 Å². The van der Waals surface area contributed by atoms with Crippen LogP contribution in [0.25, 0.3) is 0 Å². The average molecular weight is 737 g/mol. The van der Waals surface area contributed by atoms with Crippen molar-refractivity contribution >= 4 is 17.5 Å². The molecule has 1 aliphatic heterocycles. The van der Waals surface area contributed by atoms with Crippen LogP contribution in [0, 0.1) is 44.8 Å². The largest absolute Gasteiger partial charge is 0.508 e. The lowest BCUT2D eigenvalue weighted by molar-refractivity contribution is -0.162. The van der Waals surface area contributed by atoms with Gasteiger partial charge in [-0.2, -0.15) is 0 Å². The highest BCUT2D eigenvalue weighted by molar-refractivity contribution is 6.06. The number of hydrogen-bond acceptors (Lipinski definition) is 8. The van der Waals surface area contributed by atoms with E-state index < -0.39 is 21.8 Å². The fourth-order valence-electron chi connectivity index (χ4n) is 14.7. The van der Waals surface area contributed by atoms with Gasteiger partial charge in [-0.3, -0.25) is 14.4 Å². The Labute approximate surface area is 318 Å². The molecule has 12 atom stereocenters. The van der Waals surface area contributed by atoms with E-state index in [0.29, 0.717) is 29.1 Å². The van der Waals surface area contributed by atoms with Crippen molar-refractivity contribution in [3.05, 3.63) is 77.0 Å². The molecule has 7 aliphatic carbocycles. The second-order valence-electron chi connectivity index (χ2n) is 19.6. The first-order valence-electron chi connectivity index (χ1n) is 20.4. The van der Waals surface area contributed by atoms with Crippen LogP contribution in [0.15, 0.2) is 64.7 Å². The molecule has 12 unspecified atom stereocenters. The lowest BCUT2D eigenvalue weighted by Gasteiger charge is -2.62. The lowest BCUT2D eigenvalue weighted by atomic mass is 9.39. The zero-order valence-electron chi connectivity index (χ0n) is 32.9. The molecule has 1 spiro atoms. The minimum Gasteiger partial charge on any atom is -0.508 e. The number of aliphatic hydroxyl groups is 1. The summed E-state index contributed by atoms with van der Waals surface area (Å²) in [5, 5.41) is 21.1. The van der Waals surface area contributed by atoms with E-state index in [4.69, 9.17) is 13.9 Å². The first-order chi connectivity index (χ1) is 25.4. The molecule has 2 heterocycles. The van der Waals surface area contributed by atoms with Gasteiger partial charge in [0.2, 0.25) is 5.78 Å². The SMILES string of the molecule is CC(=O)OC1CCC2C3CCc4cc(O)ccc4C3CCC12C.CC1(C)C(=O)C=CC2(C)C1=C(O)C(=O)C1(C)C2CCC2(C)C(c3ccoc3)CC3OC321. The fraction of sp³-hybridized carbons (Fsp3) is 0.630. The summed E-state index contributed by atoms with van der Waals surface area (Å²) in [6.45, 7) is 13.9. The highest BCUT2D eigenvalue weighted by Crippen LogP contribution is 2.81. The van der Waals surface area contributed by atoms with Crippen molar-refractivity contribution in [3.63, 3.8) is 0 Å². The summed E-state index contributed by atoms with van der Waals surface area (Å²) in [7, 11) is 0. The summed E-state index contributed by atoms with van der Waals surface area (Å²) in [5.41, 5.74) is 1.55. The maximum absolute atomic E-state index is 14.0. The van der Waals surface area contributed by atoms with Crippen molar-refractivity contribution in [2.24, 2.45) is 44.8 Å². The highest BCUT2D eigenvalue weighted by Gasteiger charge is 2.87. The summed E-state index contributed by atoms with van der Waals surface area (Å²) in [6, 6.07) is 7.96. The van der Waals surface area contributed by atoms with E-state index in [1.807, 2.05) is 51.3 Å². The summed E-state index contributed by atoms with van der Waals surface area (Å²) < 4.78 is 17.6. The van der Waals surface area contributed by atoms with Gasteiger partial charge in [0.15, 0.2) is 11.5 Å². The van der Waals surface area contributed by atoms with E-state index in [0.717, 1.165) is 38.5 Å². The van der Waals surface area contributed by atoms with E-state index in [9.17, 15) is 24.6 Å². The Morgan fingerprint density at radius 1 is 0.944 bits per heavy atom. The van der Waals surface area contributed by atoms with E-state index in [2.05, 4.69) is 26.8 Å². The van der Waals surface area contributed by atoms with Crippen LogP contribution >= 0.6 is 0 Å². The molecular weight excluding hydrogens is 680 g/mol. The number of ether oxygens (including phenoxy) is 2. The second-order valence-corrected chi connectivity index (χ2v) is 19.6. The first kappa shape index (κ1) is 36.0. The van der Waals surface area contributed by atoms with E-state index in [-0.39, 0.29) is 58.2 Å². The number of phenolic OH excluding ortho intramolecular Hbond substituents is 1. The standard InChI is InChI=1S/C26H30O5.C20H26O3/c1-22(2)17(27)7-9-23(3)16-6-10-24(4)15(14-8-11-30-13-14)12-18-26(24,31-18)25(16,5)21(29)19(28)20(22)23;1-12(21)23-19-8-7-18-17-5-3-13-11-14(22)4-6-15(13)16(17)9-10-20(18,19)2/h7-9,11,13,15-16,18,28H,6,10,12H2,1-5H3;4,6,11,16-19,22H,3,5,7-10H2,1-2H3. The molecule has 5 fully saturated rings. The number of aryl methyl sites for hydroxylation is 1. The maximum atomic E-state index is 14.0. The number of carbonyl (C=O) groups excluding carboxylic acids is 3. The van der Waals surface area contributed by atoms with Crippen molar-refractivity contribution in [2.75, 3.05) is 0 Å². The molecular formula is C46H56O8. The number of carbonyl (C=O) groups is 3. The lowest BCUT2D eigenvalue weighted by Crippen LogP contribution is -2.66. The number of epoxide rings is 1. The topological polar surface area (TPSA) is 127 Å². The van der Waals surface area contributed by atoms with E-state index in [1.165, 1.54) is 42.9 Å². The Bertz CT molecular complexity index is 2010. The van der Waals surface area contributed by atoms with Crippen molar-refractivity contribution in [2.45, 2.75) is 136 Å². The van der Waals surface area contributed by atoms with Gasteiger partial charge in [-0.05, 0) is 155 Å². The molecule has 1 saturated heterocycles. The number of esters is 1. The predicted octanol–water partition coefficient (Wildman–Crippen LogP) is 9.07. The predicted molar refractivity (Wildman–Crippen MR) is 202 cm³/mol. The number of hydrogen-bond donors (Lipinski definition) is 2. The summed E-state index contributed by atoms with van der Waals surface area (Å²) in [5.74, 6) is 1.92. The van der Waals surface area contributed by atoms with E-state index >= 15 is 0 Å². The number of aliphatic hydroxyl groups excluding tert-OH is 1. The molecule has 0 radical (unpaired) electrons. The van der Waals surface area contributed by atoms with Crippen LogP contribution in [0.1, 0.15) is 128 Å². The third kappa shape index (κ3) is 4.38. The van der Waals surface area contributed by atoms with Gasteiger partial charge in [0.05, 0.1) is 29.5 Å². The molecule has 2 N–H and O–H groups in total. The van der Waals surface area contributed by atoms with Gasteiger partial charge in [-0.1, -0.05) is 32.9 Å². The number of aromatic hydroxyl groups is 1. The van der Waals surface area contributed by atoms with Gasteiger partial charge >= 0.3 is 5.97 Å². The summed E-state index contributed by atoms with van der Waals surface area (Å²) in [4.78, 5) is 38.2. The number of furan rings is 1. The molecule has 54 heavy (non-hydrogen) atoms. The van der Waals surface area contributed by atoms with Crippen molar-refractivity contribution in [1.82, 2.24) is 0 Å². The normalized spacial score (nSPS) is 44.7. The maximum Gasteiger partial charge on any atom is 0.302 e. The van der Waals surface area contributed by atoms with Gasteiger partial charge in [0, 0.05) is 23.2 Å². The van der Waals surface area contributed by atoms with Crippen molar-refractivity contribution in [3.8, 4) is 5.75 Å². The summed E-state index contributed by atoms with van der Waals surface area (Å²) in [6.07, 6.45) is 16.6. The van der Waals surface area contributed by atoms with E-state index in [1.54, 1.807) is 12.3 Å². The molecule has 1 aromatic heterocycles. The molecule has 8 aliphatic rings. The Kier molecular flexibility index (Phi) is 7.64. The zero-order chi connectivity index (χ0) is 38.4. The second kappa shape index (κ2) is 11.5. The smallest absolute Gasteiger partial charge is 0.302 e. The number of fused-ring (bicyclic) bond motifs is 8. The zero-order valence-corrected chi connectivity index (χ0v) is 32.9. The minimum atomic E-state index is -0.901. The summed E-state index contributed by atoms with van der Waals surface area (Å²) >= 11 is 0. The quantitative estimate of drug-likeness (QED) is 0.231. The Morgan fingerprint density at radius 3 is 2.44 bits per heavy atom. The van der Waals surface area contributed by atoms with Gasteiger partial charge in [0.25, 0.3) is 0 Å². The van der Waals surface area contributed by atoms with Crippen LogP contribution < -0.4 is 0 Å². The molecule has 0 bridgehead atoms. The molecule has 288 valence electrons. The monoisotopic (exact) mass is 736 g/mol. The van der Waals surface area contributed by atoms with Crippen molar-refractivity contribution in [1.29, 1.82) is 0 Å². The first-order valence-corrected chi connectivity index (χ1v) is 20.4. The minimum absolute atomic E-state index is 0.00527. The van der Waals surface area contributed by atoms with Crippen LogP contribution in [0.2, 0.25) is 0 Å². The third-order valence-electron chi connectivity index (χ3n) is 17.1. The van der Waals surface area contributed by atoms with Gasteiger partial charge in [-0.25, -0.2) is 0 Å². The van der Waals surface area contributed by atoms with Crippen LogP contribution in [0.4, 0.5) is 0 Å². The number of benzene rings is 1.